The van der Waals surface area contributed by atoms with Crippen molar-refractivity contribution in [2.75, 3.05) is 0 Å². The third-order valence-electron chi connectivity index (χ3n) is 2.58. The highest BCUT2D eigenvalue weighted by Gasteiger charge is 2.39. The molecule has 2 rings (SSSR count). The highest BCUT2D eigenvalue weighted by molar-refractivity contribution is 6.29. The Bertz CT molecular complexity index is 550. The second-order valence-corrected chi connectivity index (χ2v) is 4.19. The van der Waals surface area contributed by atoms with E-state index in [4.69, 9.17) is 11.6 Å². The van der Waals surface area contributed by atoms with Crippen LogP contribution in [0.25, 0.3) is 11.3 Å². The molecule has 0 aliphatic heterocycles. The Labute approximate surface area is 106 Å². The summed E-state index contributed by atoms with van der Waals surface area (Å²) in [6.45, 7) is 1.07. The first-order valence-corrected chi connectivity index (χ1v) is 5.50. The number of H-pyrrole nitrogens is 1. The van der Waals surface area contributed by atoms with Gasteiger partial charge in [-0.3, -0.25) is 5.10 Å². The van der Waals surface area contributed by atoms with Crippen molar-refractivity contribution in [3.63, 3.8) is 0 Å². The van der Waals surface area contributed by atoms with Crippen LogP contribution in [0.5, 0.6) is 0 Å². The molecule has 0 saturated heterocycles. The molecule has 1 atom stereocenters. The van der Waals surface area contributed by atoms with Gasteiger partial charge in [0, 0.05) is 5.56 Å². The van der Waals surface area contributed by atoms with Crippen LogP contribution in [0.1, 0.15) is 18.5 Å². The van der Waals surface area contributed by atoms with Crippen molar-refractivity contribution in [2.45, 2.75) is 19.0 Å². The lowest BCUT2D eigenvalue weighted by atomic mass is 10.0. The summed E-state index contributed by atoms with van der Waals surface area (Å²) in [5.74, 6) is -1.64. The molecule has 18 heavy (non-hydrogen) atoms. The topological polar surface area (TPSA) is 41.6 Å². The van der Waals surface area contributed by atoms with Gasteiger partial charge in [0.05, 0.1) is 23.5 Å². The van der Waals surface area contributed by atoms with Crippen LogP contribution in [0.3, 0.4) is 0 Å². The summed E-state index contributed by atoms with van der Waals surface area (Å²) in [7, 11) is 0. The van der Waals surface area contributed by atoms with Crippen LogP contribution in [0, 0.1) is 0 Å². The molecular weight excluding hydrogens is 267 g/mol. The van der Waals surface area contributed by atoms with Crippen LogP contribution in [0.4, 0.5) is 13.2 Å². The minimum Gasteiger partial charge on any atom is -0.281 e. The molecule has 2 aromatic heterocycles. The Kier molecular flexibility index (Phi) is 3.30. The van der Waals surface area contributed by atoms with E-state index in [2.05, 4.69) is 15.2 Å². The number of halogens is 4. The lowest BCUT2D eigenvalue weighted by Crippen LogP contribution is -2.18. The van der Waals surface area contributed by atoms with Crippen LogP contribution < -0.4 is 0 Å². The second-order valence-electron chi connectivity index (χ2n) is 3.81. The van der Waals surface area contributed by atoms with E-state index in [-0.39, 0.29) is 10.8 Å². The first-order chi connectivity index (χ1) is 8.39. The van der Waals surface area contributed by atoms with Gasteiger partial charge in [0.15, 0.2) is 0 Å². The van der Waals surface area contributed by atoms with Crippen molar-refractivity contribution in [2.24, 2.45) is 0 Å². The van der Waals surface area contributed by atoms with Crippen molar-refractivity contribution in [1.29, 1.82) is 0 Å². The van der Waals surface area contributed by atoms with Gasteiger partial charge < -0.3 is 0 Å². The number of aromatic nitrogens is 3. The molecule has 0 aliphatic carbocycles. The summed E-state index contributed by atoms with van der Waals surface area (Å²) in [6.07, 6.45) is -3.02. The number of hydrogen-bond donors (Lipinski definition) is 1. The SMILES string of the molecule is C[C@@H](c1[nH]ncc1-c1cccc(Cl)n1)C(F)(F)F. The smallest absolute Gasteiger partial charge is 0.281 e. The molecule has 0 amide bonds. The van der Waals surface area contributed by atoms with Gasteiger partial charge in [0.2, 0.25) is 0 Å². The molecule has 0 aromatic carbocycles. The number of rotatable bonds is 2. The molecular formula is C11H9ClF3N3. The van der Waals surface area contributed by atoms with Gasteiger partial charge in [0.1, 0.15) is 5.15 Å². The van der Waals surface area contributed by atoms with Crippen molar-refractivity contribution in [3.05, 3.63) is 35.2 Å². The zero-order chi connectivity index (χ0) is 13.3. The molecule has 96 valence electrons. The molecule has 1 N–H and O–H groups in total. The standard InChI is InChI=1S/C11H9ClF3N3/c1-6(11(13,14)15)10-7(5-16-18-10)8-3-2-4-9(12)17-8/h2-6H,1H3,(H,16,18)/t6-/m0/s1. The van der Waals surface area contributed by atoms with E-state index in [0.29, 0.717) is 11.3 Å². The van der Waals surface area contributed by atoms with Crippen molar-refractivity contribution >= 4 is 11.6 Å². The van der Waals surface area contributed by atoms with E-state index >= 15 is 0 Å². The van der Waals surface area contributed by atoms with Gasteiger partial charge in [-0.1, -0.05) is 17.7 Å². The predicted molar refractivity (Wildman–Crippen MR) is 61.3 cm³/mol. The van der Waals surface area contributed by atoms with Crippen LogP contribution in [-0.4, -0.2) is 21.4 Å². The number of alkyl halides is 3. The maximum Gasteiger partial charge on any atom is 0.396 e. The Morgan fingerprint density at radius 2 is 2.06 bits per heavy atom. The predicted octanol–water partition coefficient (Wildman–Crippen LogP) is 3.79. The molecule has 0 spiro atoms. The zero-order valence-electron chi connectivity index (χ0n) is 9.29. The van der Waals surface area contributed by atoms with E-state index in [0.717, 1.165) is 6.92 Å². The van der Waals surface area contributed by atoms with E-state index in [1.807, 2.05) is 0 Å². The Hall–Kier alpha value is -1.56. The van der Waals surface area contributed by atoms with Gasteiger partial charge in [-0.05, 0) is 19.1 Å². The fraction of sp³-hybridized carbons (Fsp3) is 0.273. The minimum absolute atomic E-state index is 0.0164. The lowest BCUT2D eigenvalue weighted by Gasteiger charge is -2.15. The molecule has 0 saturated carbocycles. The Morgan fingerprint density at radius 1 is 1.33 bits per heavy atom. The number of nitrogens with one attached hydrogen (secondary N) is 1. The summed E-state index contributed by atoms with van der Waals surface area (Å²) in [4.78, 5) is 3.98. The molecule has 2 aromatic rings. The van der Waals surface area contributed by atoms with Crippen molar-refractivity contribution < 1.29 is 13.2 Å². The molecule has 3 nitrogen and oxygen atoms in total. The summed E-state index contributed by atoms with van der Waals surface area (Å²) in [5.41, 5.74) is 0.655. The average Bonchev–Trinajstić information content (AvgIpc) is 2.75. The lowest BCUT2D eigenvalue weighted by molar-refractivity contribution is -0.147. The number of pyridine rings is 1. The van der Waals surface area contributed by atoms with Crippen LogP contribution in [0.2, 0.25) is 5.15 Å². The molecule has 0 bridgehead atoms. The summed E-state index contributed by atoms with van der Waals surface area (Å²) < 4.78 is 38.1. The van der Waals surface area contributed by atoms with E-state index in [9.17, 15) is 13.2 Å². The summed E-state index contributed by atoms with van der Waals surface area (Å²) in [5, 5.41) is 6.25. The molecule has 2 heterocycles. The largest absolute Gasteiger partial charge is 0.396 e. The molecule has 0 fully saturated rings. The maximum absolute atomic E-state index is 12.7. The fourth-order valence-corrected chi connectivity index (χ4v) is 1.72. The number of nitrogens with zero attached hydrogens (tertiary/aromatic N) is 2. The zero-order valence-corrected chi connectivity index (χ0v) is 10.0. The number of aromatic amines is 1. The normalized spacial score (nSPS) is 13.6. The molecule has 7 heteroatoms. The van der Waals surface area contributed by atoms with Crippen molar-refractivity contribution in [1.82, 2.24) is 15.2 Å². The average molecular weight is 276 g/mol. The van der Waals surface area contributed by atoms with Gasteiger partial charge in [-0.25, -0.2) is 4.98 Å². The fourth-order valence-electron chi connectivity index (χ4n) is 1.55. The van der Waals surface area contributed by atoms with Gasteiger partial charge in [-0.15, -0.1) is 0 Å². The van der Waals surface area contributed by atoms with Gasteiger partial charge >= 0.3 is 6.18 Å². The second kappa shape index (κ2) is 4.61. The number of hydrogen-bond acceptors (Lipinski definition) is 2. The quantitative estimate of drug-likeness (QED) is 0.847. The van der Waals surface area contributed by atoms with E-state index < -0.39 is 12.1 Å². The highest BCUT2D eigenvalue weighted by Crippen LogP contribution is 2.37. The van der Waals surface area contributed by atoms with E-state index in [1.54, 1.807) is 18.2 Å². The monoisotopic (exact) mass is 275 g/mol. The van der Waals surface area contributed by atoms with Crippen molar-refractivity contribution in [3.8, 4) is 11.3 Å². The third kappa shape index (κ3) is 2.48. The van der Waals surface area contributed by atoms with Crippen LogP contribution in [-0.2, 0) is 0 Å². The molecule has 0 radical (unpaired) electrons. The minimum atomic E-state index is -4.33. The highest BCUT2D eigenvalue weighted by atomic mass is 35.5. The van der Waals surface area contributed by atoms with Gasteiger partial charge in [-0.2, -0.15) is 18.3 Å². The summed E-state index contributed by atoms with van der Waals surface area (Å²) >= 11 is 5.72. The van der Waals surface area contributed by atoms with E-state index in [1.165, 1.54) is 6.20 Å². The molecule has 0 aliphatic rings. The van der Waals surface area contributed by atoms with Crippen LogP contribution in [0.15, 0.2) is 24.4 Å². The Balaban J connectivity index is 2.45. The molecule has 0 unspecified atom stereocenters. The Morgan fingerprint density at radius 3 is 2.67 bits per heavy atom. The van der Waals surface area contributed by atoms with Gasteiger partial charge in [0.25, 0.3) is 0 Å². The third-order valence-corrected chi connectivity index (χ3v) is 2.79. The van der Waals surface area contributed by atoms with Crippen LogP contribution >= 0.6 is 11.6 Å². The first kappa shape index (κ1) is 12.9. The maximum atomic E-state index is 12.7. The summed E-state index contributed by atoms with van der Waals surface area (Å²) in [6, 6.07) is 4.76. The first-order valence-electron chi connectivity index (χ1n) is 5.12.